The van der Waals surface area contributed by atoms with Gasteiger partial charge in [0.1, 0.15) is 0 Å². The molecule has 3 nitrogen and oxygen atoms in total. The monoisotopic (exact) mass is 305 g/mol. The summed E-state index contributed by atoms with van der Waals surface area (Å²) in [5, 5.41) is 9.69. The lowest BCUT2D eigenvalue weighted by Gasteiger charge is -2.22. The van der Waals surface area contributed by atoms with Crippen molar-refractivity contribution in [3.05, 3.63) is 51.7 Å². The molecule has 1 aromatic heterocycles. The van der Waals surface area contributed by atoms with Gasteiger partial charge >= 0.3 is 0 Å². The maximum atomic E-state index is 5.96. The molecule has 2 heterocycles. The minimum absolute atomic E-state index is 0.276. The molecule has 2 aromatic rings. The van der Waals surface area contributed by atoms with Crippen LogP contribution in [0.5, 0.6) is 0 Å². The Morgan fingerprint density at radius 1 is 1.30 bits per heavy atom. The van der Waals surface area contributed by atoms with Crippen LogP contribution in [0.3, 0.4) is 0 Å². The van der Waals surface area contributed by atoms with E-state index in [1.54, 1.807) is 11.3 Å². The molecule has 0 amide bonds. The van der Waals surface area contributed by atoms with Crippen molar-refractivity contribution in [2.24, 2.45) is 10.8 Å². The lowest BCUT2D eigenvalue weighted by Crippen LogP contribution is -2.17. The van der Waals surface area contributed by atoms with E-state index >= 15 is 0 Å². The summed E-state index contributed by atoms with van der Waals surface area (Å²) in [7, 11) is 0. The highest BCUT2D eigenvalue weighted by Crippen LogP contribution is 2.37. The number of benzene rings is 1. The molecule has 0 radical (unpaired) electrons. The van der Waals surface area contributed by atoms with Crippen molar-refractivity contribution in [3.8, 4) is 0 Å². The van der Waals surface area contributed by atoms with Crippen LogP contribution in [0.4, 0.5) is 5.69 Å². The highest BCUT2D eigenvalue weighted by atomic mass is 35.5. The molecule has 1 atom stereocenters. The van der Waals surface area contributed by atoms with E-state index < -0.39 is 0 Å². The quantitative estimate of drug-likeness (QED) is 0.925. The fourth-order valence-corrected chi connectivity index (χ4v) is 3.36. The number of nitrogens with two attached hydrogens (primary N) is 1. The van der Waals surface area contributed by atoms with E-state index in [-0.39, 0.29) is 6.04 Å². The standard InChI is InChI=1S/C15H16ClN3S/c16-11-3-5-13(6-4-11)19-14(15-2-1-9-20-15)10-12(18-19)7-8-17/h1-6,9,14H,7-8,10,17H2. The van der Waals surface area contributed by atoms with Crippen molar-refractivity contribution in [2.75, 3.05) is 11.6 Å². The number of hydrogen-bond donors (Lipinski definition) is 1. The van der Waals surface area contributed by atoms with Crippen LogP contribution >= 0.6 is 22.9 Å². The Morgan fingerprint density at radius 3 is 2.75 bits per heavy atom. The van der Waals surface area contributed by atoms with Gasteiger partial charge in [-0.05, 0) is 48.7 Å². The molecule has 1 unspecified atom stereocenters. The minimum atomic E-state index is 0.276. The predicted molar refractivity (Wildman–Crippen MR) is 86.7 cm³/mol. The third-order valence-electron chi connectivity index (χ3n) is 3.37. The molecule has 3 rings (SSSR count). The molecule has 2 N–H and O–H groups in total. The number of hydrogen-bond acceptors (Lipinski definition) is 4. The van der Waals surface area contributed by atoms with Crippen LogP contribution in [-0.4, -0.2) is 12.3 Å². The highest BCUT2D eigenvalue weighted by Gasteiger charge is 2.29. The molecule has 0 bridgehead atoms. The molecule has 1 aliphatic heterocycles. The van der Waals surface area contributed by atoms with E-state index in [0.717, 1.165) is 23.6 Å². The fourth-order valence-electron chi connectivity index (χ4n) is 2.42. The molecule has 0 saturated carbocycles. The van der Waals surface area contributed by atoms with Crippen LogP contribution in [0.25, 0.3) is 0 Å². The molecule has 0 aliphatic carbocycles. The molecule has 5 heteroatoms. The first-order valence-electron chi connectivity index (χ1n) is 6.62. The van der Waals surface area contributed by atoms with Crippen LogP contribution in [0.2, 0.25) is 5.02 Å². The average molecular weight is 306 g/mol. The van der Waals surface area contributed by atoms with Crippen LogP contribution < -0.4 is 10.7 Å². The van der Waals surface area contributed by atoms with Crippen LogP contribution in [-0.2, 0) is 0 Å². The summed E-state index contributed by atoms with van der Waals surface area (Å²) < 4.78 is 0. The molecule has 1 aliphatic rings. The summed E-state index contributed by atoms with van der Waals surface area (Å²) in [5.41, 5.74) is 7.90. The van der Waals surface area contributed by atoms with Gasteiger partial charge in [-0.1, -0.05) is 17.7 Å². The second-order valence-corrected chi connectivity index (χ2v) is 6.18. The third kappa shape index (κ3) is 2.73. The number of thiophene rings is 1. The van der Waals surface area contributed by atoms with Crippen molar-refractivity contribution in [2.45, 2.75) is 18.9 Å². The van der Waals surface area contributed by atoms with Crippen LogP contribution in [0, 0.1) is 0 Å². The Kier molecular flexibility index (Phi) is 4.05. The first-order chi connectivity index (χ1) is 9.78. The van der Waals surface area contributed by atoms with E-state index in [4.69, 9.17) is 22.4 Å². The fraction of sp³-hybridized carbons (Fsp3) is 0.267. The zero-order valence-corrected chi connectivity index (χ0v) is 12.6. The Hall–Kier alpha value is -1.36. The zero-order valence-electron chi connectivity index (χ0n) is 11.0. The van der Waals surface area contributed by atoms with Crippen molar-refractivity contribution < 1.29 is 0 Å². The lowest BCUT2D eigenvalue weighted by atomic mass is 10.1. The predicted octanol–water partition coefficient (Wildman–Crippen LogP) is 4.06. The molecule has 1 aromatic carbocycles. The maximum Gasteiger partial charge on any atom is 0.0920 e. The van der Waals surface area contributed by atoms with E-state index in [1.807, 2.05) is 24.3 Å². The summed E-state index contributed by atoms with van der Waals surface area (Å²) in [6, 6.07) is 12.4. The molecule has 0 fully saturated rings. The van der Waals surface area contributed by atoms with Crippen LogP contribution in [0.1, 0.15) is 23.8 Å². The third-order valence-corrected chi connectivity index (χ3v) is 4.59. The Bertz CT molecular complexity index is 592. The van der Waals surface area contributed by atoms with Gasteiger partial charge in [0.25, 0.3) is 0 Å². The van der Waals surface area contributed by atoms with E-state index in [1.165, 1.54) is 10.6 Å². The Morgan fingerprint density at radius 2 is 2.10 bits per heavy atom. The number of anilines is 1. The van der Waals surface area contributed by atoms with Gasteiger partial charge in [-0.25, -0.2) is 0 Å². The molecule has 104 valence electrons. The van der Waals surface area contributed by atoms with Gasteiger partial charge in [0, 0.05) is 22.0 Å². The second kappa shape index (κ2) is 5.95. The first-order valence-corrected chi connectivity index (χ1v) is 7.88. The minimum Gasteiger partial charge on any atom is -0.330 e. The first kappa shape index (κ1) is 13.6. The van der Waals surface area contributed by atoms with Gasteiger partial charge in [0.2, 0.25) is 0 Å². The number of halogens is 1. The normalized spacial score (nSPS) is 18.4. The van der Waals surface area contributed by atoms with Gasteiger partial charge < -0.3 is 5.73 Å². The van der Waals surface area contributed by atoms with Crippen molar-refractivity contribution >= 4 is 34.3 Å². The molecule has 0 saturated heterocycles. The topological polar surface area (TPSA) is 41.6 Å². The van der Waals surface area contributed by atoms with Crippen molar-refractivity contribution in [3.63, 3.8) is 0 Å². The van der Waals surface area contributed by atoms with Crippen molar-refractivity contribution in [1.29, 1.82) is 0 Å². The maximum absolute atomic E-state index is 5.96. The van der Waals surface area contributed by atoms with Gasteiger partial charge in [0.05, 0.1) is 11.7 Å². The summed E-state index contributed by atoms with van der Waals surface area (Å²) in [6.07, 6.45) is 1.80. The summed E-state index contributed by atoms with van der Waals surface area (Å²) in [4.78, 5) is 1.33. The molecule has 0 spiro atoms. The smallest absolute Gasteiger partial charge is 0.0920 e. The second-order valence-electron chi connectivity index (χ2n) is 4.76. The van der Waals surface area contributed by atoms with Crippen molar-refractivity contribution in [1.82, 2.24) is 0 Å². The SMILES string of the molecule is NCCC1=NN(c2ccc(Cl)cc2)C(c2cccs2)C1. The van der Waals surface area contributed by atoms with E-state index in [0.29, 0.717) is 6.54 Å². The van der Waals surface area contributed by atoms with Gasteiger partial charge in [-0.2, -0.15) is 5.10 Å². The highest BCUT2D eigenvalue weighted by molar-refractivity contribution is 7.10. The van der Waals surface area contributed by atoms with Gasteiger partial charge in [0.15, 0.2) is 0 Å². The van der Waals surface area contributed by atoms with Gasteiger partial charge in [-0.15, -0.1) is 11.3 Å². The summed E-state index contributed by atoms with van der Waals surface area (Å²) in [6.45, 7) is 0.643. The lowest BCUT2D eigenvalue weighted by molar-refractivity contribution is 0.721. The van der Waals surface area contributed by atoms with Crippen LogP contribution in [0.15, 0.2) is 46.9 Å². The summed E-state index contributed by atoms with van der Waals surface area (Å²) in [5.74, 6) is 0. The molecule has 20 heavy (non-hydrogen) atoms. The van der Waals surface area contributed by atoms with E-state index in [2.05, 4.69) is 22.5 Å². The number of nitrogens with zero attached hydrogens (tertiary/aromatic N) is 2. The Labute approximate surface area is 127 Å². The largest absolute Gasteiger partial charge is 0.330 e. The number of rotatable bonds is 4. The summed E-state index contributed by atoms with van der Waals surface area (Å²) >= 11 is 7.73. The number of hydrazone groups is 1. The van der Waals surface area contributed by atoms with E-state index in [9.17, 15) is 0 Å². The van der Waals surface area contributed by atoms with Gasteiger partial charge in [-0.3, -0.25) is 5.01 Å². The average Bonchev–Trinajstić information content (AvgIpc) is 3.08. The molecular weight excluding hydrogens is 290 g/mol. The molecular formula is C15H16ClN3S. The zero-order chi connectivity index (χ0) is 13.9. The Balaban J connectivity index is 1.92.